The first kappa shape index (κ1) is 17.4. The van der Waals surface area contributed by atoms with E-state index in [1.165, 1.54) is 27.8 Å². The summed E-state index contributed by atoms with van der Waals surface area (Å²) in [6.07, 6.45) is 3.28. The maximum atomic E-state index is 12.7. The van der Waals surface area contributed by atoms with E-state index in [-0.39, 0.29) is 11.5 Å². The Morgan fingerprint density at radius 2 is 1.96 bits per heavy atom. The van der Waals surface area contributed by atoms with E-state index < -0.39 is 6.04 Å². The Balaban J connectivity index is 1.84. The van der Waals surface area contributed by atoms with E-state index in [1.807, 2.05) is 37.3 Å². The van der Waals surface area contributed by atoms with Gasteiger partial charge in [-0.2, -0.15) is 0 Å². The summed E-state index contributed by atoms with van der Waals surface area (Å²) in [5, 5.41) is 3.44. The van der Waals surface area contributed by atoms with Gasteiger partial charge in [-0.3, -0.25) is 14.2 Å². The van der Waals surface area contributed by atoms with E-state index in [2.05, 4.69) is 17.2 Å². The van der Waals surface area contributed by atoms with Crippen molar-refractivity contribution in [2.24, 2.45) is 0 Å². The average Bonchev–Trinajstić information content (AvgIpc) is 3.06. The van der Waals surface area contributed by atoms with Crippen LogP contribution in [0.15, 0.2) is 41.5 Å². The maximum absolute atomic E-state index is 12.7. The number of fused-ring (bicyclic) bond motifs is 1. The number of anilines is 1. The molecule has 1 amide bonds. The Hall–Kier alpha value is -2.47. The van der Waals surface area contributed by atoms with Crippen LogP contribution in [0.25, 0.3) is 10.2 Å². The summed E-state index contributed by atoms with van der Waals surface area (Å²) < 4.78 is 1.39. The number of aromatic nitrogens is 2. The van der Waals surface area contributed by atoms with Gasteiger partial charge in [0.05, 0.1) is 11.7 Å². The van der Waals surface area contributed by atoms with E-state index in [0.717, 1.165) is 28.2 Å². The van der Waals surface area contributed by atoms with Gasteiger partial charge in [0.25, 0.3) is 5.56 Å². The second kappa shape index (κ2) is 7.19. The molecule has 0 unspecified atom stereocenters. The largest absolute Gasteiger partial charge is 0.324 e. The molecule has 1 atom stereocenters. The van der Waals surface area contributed by atoms with Crippen molar-refractivity contribution in [2.75, 3.05) is 5.32 Å². The Bertz CT molecular complexity index is 957. The molecule has 0 saturated carbocycles. The highest BCUT2D eigenvalue weighted by atomic mass is 32.1. The summed E-state index contributed by atoms with van der Waals surface area (Å²) in [6, 6.07) is 8.95. The summed E-state index contributed by atoms with van der Waals surface area (Å²) in [7, 11) is 0. The molecule has 2 heterocycles. The first-order valence-corrected chi connectivity index (χ1v) is 9.24. The second-order valence-corrected chi connectivity index (χ2v) is 7.07. The SMILES string of the molecule is CCc1ccc(NC(=O)[C@@H](C)n2cnc3sc(CC)cc3c2=O)cc1. The van der Waals surface area contributed by atoms with Gasteiger partial charge in [0, 0.05) is 10.6 Å². The van der Waals surface area contributed by atoms with Crippen LogP contribution in [-0.4, -0.2) is 15.5 Å². The molecule has 0 aliphatic carbocycles. The van der Waals surface area contributed by atoms with Gasteiger partial charge in [-0.25, -0.2) is 4.98 Å². The number of carbonyl (C=O) groups excluding carboxylic acids is 1. The van der Waals surface area contributed by atoms with Crippen LogP contribution in [0.4, 0.5) is 5.69 Å². The molecule has 3 aromatic rings. The summed E-state index contributed by atoms with van der Waals surface area (Å²) in [5.74, 6) is -0.238. The third kappa shape index (κ3) is 3.49. The van der Waals surface area contributed by atoms with Crippen molar-refractivity contribution in [3.8, 4) is 0 Å². The van der Waals surface area contributed by atoms with Crippen LogP contribution in [0.3, 0.4) is 0 Å². The average molecular weight is 355 g/mol. The van der Waals surface area contributed by atoms with Crippen molar-refractivity contribution in [3.63, 3.8) is 0 Å². The van der Waals surface area contributed by atoms with Gasteiger partial charge >= 0.3 is 0 Å². The van der Waals surface area contributed by atoms with E-state index >= 15 is 0 Å². The molecular weight excluding hydrogens is 334 g/mol. The van der Waals surface area contributed by atoms with Crippen LogP contribution in [0.1, 0.15) is 37.3 Å². The number of amides is 1. The molecule has 6 heteroatoms. The number of hydrogen-bond donors (Lipinski definition) is 1. The Morgan fingerprint density at radius 1 is 1.24 bits per heavy atom. The molecular formula is C19H21N3O2S. The number of carbonyl (C=O) groups is 1. The van der Waals surface area contributed by atoms with Crippen molar-refractivity contribution in [2.45, 2.75) is 39.7 Å². The van der Waals surface area contributed by atoms with Gasteiger partial charge in [0.2, 0.25) is 5.91 Å². The Morgan fingerprint density at radius 3 is 2.60 bits per heavy atom. The van der Waals surface area contributed by atoms with Gasteiger partial charge in [-0.15, -0.1) is 11.3 Å². The molecule has 1 aromatic carbocycles. The minimum Gasteiger partial charge on any atom is -0.324 e. The maximum Gasteiger partial charge on any atom is 0.262 e. The lowest BCUT2D eigenvalue weighted by Gasteiger charge is -2.15. The van der Waals surface area contributed by atoms with E-state index in [1.54, 1.807) is 6.92 Å². The van der Waals surface area contributed by atoms with Crippen LogP contribution in [0.2, 0.25) is 0 Å². The molecule has 5 nitrogen and oxygen atoms in total. The molecule has 25 heavy (non-hydrogen) atoms. The normalized spacial score (nSPS) is 12.3. The van der Waals surface area contributed by atoms with E-state index in [0.29, 0.717) is 5.39 Å². The predicted octanol–water partition coefficient (Wildman–Crippen LogP) is 3.78. The molecule has 0 saturated heterocycles. The van der Waals surface area contributed by atoms with Crippen LogP contribution in [-0.2, 0) is 17.6 Å². The van der Waals surface area contributed by atoms with Gasteiger partial charge in [-0.05, 0) is 43.5 Å². The first-order valence-electron chi connectivity index (χ1n) is 8.42. The lowest BCUT2D eigenvalue weighted by atomic mass is 10.1. The lowest BCUT2D eigenvalue weighted by molar-refractivity contribution is -0.118. The van der Waals surface area contributed by atoms with Gasteiger partial charge in [0.15, 0.2) is 0 Å². The van der Waals surface area contributed by atoms with Gasteiger partial charge in [0.1, 0.15) is 10.9 Å². The standard InChI is InChI=1S/C19H21N3O2S/c1-4-13-6-8-14(9-7-13)21-17(23)12(3)22-11-20-18-16(19(22)24)10-15(5-2)25-18/h6-12H,4-5H2,1-3H3,(H,21,23)/t12-/m1/s1. The second-order valence-electron chi connectivity index (χ2n) is 5.96. The van der Waals surface area contributed by atoms with Crippen LogP contribution in [0, 0.1) is 0 Å². The van der Waals surface area contributed by atoms with Crippen molar-refractivity contribution < 1.29 is 4.79 Å². The minimum absolute atomic E-state index is 0.176. The third-order valence-corrected chi connectivity index (χ3v) is 5.49. The summed E-state index contributed by atoms with van der Waals surface area (Å²) in [5.41, 5.74) is 1.76. The van der Waals surface area contributed by atoms with Gasteiger partial charge < -0.3 is 5.32 Å². The molecule has 0 spiro atoms. The van der Waals surface area contributed by atoms with Crippen LogP contribution in [0.5, 0.6) is 0 Å². The summed E-state index contributed by atoms with van der Waals surface area (Å²) in [4.78, 5) is 31.4. The molecule has 0 aliphatic rings. The predicted molar refractivity (Wildman–Crippen MR) is 102 cm³/mol. The molecule has 0 bridgehead atoms. The number of aryl methyl sites for hydroxylation is 2. The fourth-order valence-electron chi connectivity index (χ4n) is 2.63. The molecule has 2 aromatic heterocycles. The molecule has 0 fully saturated rings. The number of nitrogens with one attached hydrogen (secondary N) is 1. The molecule has 130 valence electrons. The number of hydrogen-bond acceptors (Lipinski definition) is 4. The zero-order chi connectivity index (χ0) is 18.0. The van der Waals surface area contributed by atoms with E-state index in [4.69, 9.17) is 0 Å². The lowest BCUT2D eigenvalue weighted by Crippen LogP contribution is -2.31. The zero-order valence-electron chi connectivity index (χ0n) is 14.6. The van der Waals surface area contributed by atoms with E-state index in [9.17, 15) is 9.59 Å². The highest BCUT2D eigenvalue weighted by Crippen LogP contribution is 2.22. The highest BCUT2D eigenvalue weighted by Gasteiger charge is 2.18. The fourth-order valence-corrected chi connectivity index (χ4v) is 3.56. The highest BCUT2D eigenvalue weighted by molar-refractivity contribution is 7.18. The molecule has 0 aliphatic heterocycles. The molecule has 3 rings (SSSR count). The summed E-state index contributed by atoms with van der Waals surface area (Å²) in [6.45, 7) is 5.83. The zero-order valence-corrected chi connectivity index (χ0v) is 15.4. The van der Waals surface area contributed by atoms with Crippen molar-refractivity contribution in [1.82, 2.24) is 9.55 Å². The van der Waals surface area contributed by atoms with Gasteiger partial charge in [-0.1, -0.05) is 26.0 Å². The van der Waals surface area contributed by atoms with Crippen LogP contribution < -0.4 is 10.9 Å². The van der Waals surface area contributed by atoms with Crippen LogP contribution >= 0.6 is 11.3 Å². The number of nitrogens with zero attached hydrogens (tertiary/aromatic N) is 2. The molecule has 0 radical (unpaired) electrons. The Kier molecular flexibility index (Phi) is 4.99. The number of rotatable bonds is 5. The van der Waals surface area contributed by atoms with Crippen molar-refractivity contribution >= 4 is 33.1 Å². The fraction of sp³-hybridized carbons (Fsp3) is 0.316. The topological polar surface area (TPSA) is 64.0 Å². The first-order chi connectivity index (χ1) is 12.0. The smallest absolute Gasteiger partial charge is 0.262 e. The third-order valence-electron chi connectivity index (χ3n) is 4.30. The quantitative estimate of drug-likeness (QED) is 0.757. The van der Waals surface area contributed by atoms with Crippen molar-refractivity contribution in [1.29, 1.82) is 0 Å². The monoisotopic (exact) mass is 355 g/mol. The minimum atomic E-state index is -0.639. The molecule has 1 N–H and O–H groups in total. The number of thiophene rings is 1. The summed E-state index contributed by atoms with van der Waals surface area (Å²) >= 11 is 1.52. The number of benzene rings is 1. The van der Waals surface area contributed by atoms with Crippen molar-refractivity contribution in [3.05, 3.63) is 57.5 Å². The Labute approximate surface area is 150 Å².